The molecule has 0 aliphatic carbocycles. The SMILES string of the molecule is CCNc1cc(N2C3CCC2CC(O)C3)nc(C(C)C)n1. The summed E-state index contributed by atoms with van der Waals surface area (Å²) >= 11 is 0. The molecule has 0 aromatic carbocycles. The molecule has 2 unspecified atom stereocenters. The lowest BCUT2D eigenvalue weighted by atomic mass is 10.00. The fraction of sp³-hybridized carbons (Fsp3) is 0.750. The van der Waals surface area contributed by atoms with E-state index in [1.165, 1.54) is 12.8 Å². The molecule has 0 radical (unpaired) electrons. The highest BCUT2D eigenvalue weighted by molar-refractivity contribution is 5.52. The van der Waals surface area contributed by atoms with Gasteiger partial charge in [-0.05, 0) is 32.6 Å². The molecule has 2 saturated heterocycles. The minimum atomic E-state index is -0.140. The monoisotopic (exact) mass is 290 g/mol. The topological polar surface area (TPSA) is 61.3 Å². The van der Waals surface area contributed by atoms with Crippen LogP contribution in [0.1, 0.15) is 58.2 Å². The van der Waals surface area contributed by atoms with Gasteiger partial charge in [-0.2, -0.15) is 0 Å². The van der Waals surface area contributed by atoms with E-state index in [0.717, 1.165) is 36.8 Å². The number of hydrogen-bond donors (Lipinski definition) is 2. The van der Waals surface area contributed by atoms with Crippen molar-refractivity contribution in [2.45, 2.75) is 70.6 Å². The van der Waals surface area contributed by atoms with Crippen molar-refractivity contribution in [3.8, 4) is 0 Å². The molecule has 1 aromatic heterocycles. The number of nitrogens with one attached hydrogen (secondary N) is 1. The van der Waals surface area contributed by atoms with Gasteiger partial charge in [-0.1, -0.05) is 13.8 Å². The summed E-state index contributed by atoms with van der Waals surface area (Å²) in [7, 11) is 0. The highest BCUT2D eigenvalue weighted by atomic mass is 16.3. The zero-order chi connectivity index (χ0) is 15.0. The van der Waals surface area contributed by atoms with E-state index in [-0.39, 0.29) is 6.10 Å². The van der Waals surface area contributed by atoms with Crippen molar-refractivity contribution in [2.24, 2.45) is 0 Å². The second kappa shape index (κ2) is 5.79. The van der Waals surface area contributed by atoms with Gasteiger partial charge in [-0.15, -0.1) is 0 Å². The predicted octanol–water partition coefficient (Wildman–Crippen LogP) is 2.52. The number of anilines is 2. The molecular weight excluding hydrogens is 264 g/mol. The highest BCUT2D eigenvalue weighted by Crippen LogP contribution is 2.39. The zero-order valence-electron chi connectivity index (χ0n) is 13.2. The van der Waals surface area contributed by atoms with Gasteiger partial charge < -0.3 is 15.3 Å². The second-order valence-corrected chi connectivity index (χ2v) is 6.57. The third kappa shape index (κ3) is 2.84. The van der Waals surface area contributed by atoms with E-state index < -0.39 is 0 Å². The molecular formula is C16H26N4O. The lowest BCUT2D eigenvalue weighted by Gasteiger charge is -2.38. The van der Waals surface area contributed by atoms with E-state index in [4.69, 9.17) is 4.98 Å². The maximum atomic E-state index is 9.96. The Balaban J connectivity index is 1.94. The Morgan fingerprint density at radius 3 is 2.52 bits per heavy atom. The van der Waals surface area contributed by atoms with Crippen molar-refractivity contribution in [3.05, 3.63) is 11.9 Å². The van der Waals surface area contributed by atoms with E-state index in [1.54, 1.807) is 0 Å². The van der Waals surface area contributed by atoms with E-state index in [1.807, 2.05) is 0 Å². The van der Waals surface area contributed by atoms with Crippen LogP contribution in [0.2, 0.25) is 0 Å². The Hall–Kier alpha value is -1.36. The van der Waals surface area contributed by atoms with Crippen LogP contribution in [0.4, 0.5) is 11.6 Å². The number of aromatic nitrogens is 2. The first kappa shape index (κ1) is 14.6. The third-order valence-corrected chi connectivity index (χ3v) is 4.58. The number of hydrogen-bond acceptors (Lipinski definition) is 5. The Morgan fingerprint density at radius 2 is 1.95 bits per heavy atom. The smallest absolute Gasteiger partial charge is 0.135 e. The Labute approximate surface area is 126 Å². The van der Waals surface area contributed by atoms with E-state index in [9.17, 15) is 5.11 Å². The first-order chi connectivity index (χ1) is 10.1. The highest BCUT2D eigenvalue weighted by Gasteiger charge is 2.41. The van der Waals surface area contributed by atoms with Gasteiger partial charge >= 0.3 is 0 Å². The van der Waals surface area contributed by atoms with Gasteiger partial charge in [0.1, 0.15) is 17.5 Å². The van der Waals surface area contributed by atoms with Crippen molar-refractivity contribution < 1.29 is 5.11 Å². The van der Waals surface area contributed by atoms with Crippen molar-refractivity contribution in [1.29, 1.82) is 0 Å². The molecule has 116 valence electrons. The molecule has 2 fully saturated rings. The number of nitrogens with zero attached hydrogens (tertiary/aromatic N) is 3. The van der Waals surface area contributed by atoms with Gasteiger partial charge in [0.05, 0.1) is 6.10 Å². The summed E-state index contributed by atoms with van der Waals surface area (Å²) in [5.74, 6) is 3.16. The molecule has 1 aromatic rings. The molecule has 2 aliphatic rings. The molecule has 0 saturated carbocycles. The molecule has 0 spiro atoms. The average Bonchev–Trinajstić information content (AvgIpc) is 2.71. The van der Waals surface area contributed by atoms with Gasteiger partial charge in [0, 0.05) is 30.6 Å². The third-order valence-electron chi connectivity index (χ3n) is 4.58. The molecule has 0 amide bonds. The zero-order valence-corrected chi connectivity index (χ0v) is 13.2. The number of aliphatic hydroxyl groups is 1. The summed E-state index contributed by atoms with van der Waals surface area (Å²) < 4.78 is 0. The minimum Gasteiger partial charge on any atom is -0.393 e. The normalized spacial score (nSPS) is 28.2. The summed E-state index contributed by atoms with van der Waals surface area (Å²) in [6.45, 7) is 7.20. The van der Waals surface area contributed by atoms with Crippen molar-refractivity contribution in [3.63, 3.8) is 0 Å². The summed E-state index contributed by atoms with van der Waals surface area (Å²) in [6, 6.07) is 2.93. The van der Waals surface area contributed by atoms with E-state index in [2.05, 4.69) is 42.0 Å². The number of piperidine rings is 1. The maximum absolute atomic E-state index is 9.96. The molecule has 3 rings (SSSR count). The summed E-state index contributed by atoms with van der Waals surface area (Å²) in [4.78, 5) is 11.8. The lowest BCUT2D eigenvalue weighted by Crippen LogP contribution is -2.45. The molecule has 3 heterocycles. The molecule has 21 heavy (non-hydrogen) atoms. The summed E-state index contributed by atoms with van der Waals surface area (Å²) in [6.07, 6.45) is 3.93. The first-order valence-corrected chi connectivity index (χ1v) is 8.17. The molecule has 2 bridgehead atoms. The predicted molar refractivity (Wildman–Crippen MR) is 84.8 cm³/mol. The number of aliphatic hydroxyl groups excluding tert-OH is 1. The minimum absolute atomic E-state index is 0.140. The van der Waals surface area contributed by atoms with Crippen LogP contribution in [0.15, 0.2) is 6.07 Å². The quantitative estimate of drug-likeness (QED) is 0.892. The maximum Gasteiger partial charge on any atom is 0.135 e. The molecule has 2 atom stereocenters. The van der Waals surface area contributed by atoms with Crippen molar-refractivity contribution in [1.82, 2.24) is 9.97 Å². The lowest BCUT2D eigenvalue weighted by molar-refractivity contribution is 0.126. The summed E-state index contributed by atoms with van der Waals surface area (Å²) in [5.41, 5.74) is 0. The van der Waals surface area contributed by atoms with E-state index >= 15 is 0 Å². The Bertz CT molecular complexity index is 491. The van der Waals surface area contributed by atoms with Crippen LogP contribution < -0.4 is 10.2 Å². The average molecular weight is 290 g/mol. The molecule has 5 heteroatoms. The molecule has 2 aliphatic heterocycles. The second-order valence-electron chi connectivity index (χ2n) is 6.57. The van der Waals surface area contributed by atoms with Gasteiger partial charge in [0.2, 0.25) is 0 Å². The van der Waals surface area contributed by atoms with Gasteiger partial charge in [0.15, 0.2) is 0 Å². The first-order valence-electron chi connectivity index (χ1n) is 8.17. The van der Waals surface area contributed by atoms with Crippen LogP contribution in [-0.4, -0.2) is 39.8 Å². The van der Waals surface area contributed by atoms with Gasteiger partial charge in [-0.3, -0.25) is 0 Å². The van der Waals surface area contributed by atoms with Gasteiger partial charge in [-0.25, -0.2) is 9.97 Å². The standard InChI is InChI=1S/C16H26N4O/c1-4-17-14-9-15(19-16(18-14)10(2)3)20-11-5-6-12(20)8-13(21)7-11/h9-13,21H,4-8H2,1-3H3,(H,17,18,19). The fourth-order valence-electron chi connectivity index (χ4n) is 3.64. The van der Waals surface area contributed by atoms with Crippen molar-refractivity contribution >= 4 is 11.6 Å². The molecule has 2 N–H and O–H groups in total. The fourth-order valence-corrected chi connectivity index (χ4v) is 3.64. The van der Waals surface area contributed by atoms with Crippen LogP contribution in [0.25, 0.3) is 0 Å². The van der Waals surface area contributed by atoms with Crippen LogP contribution in [0.3, 0.4) is 0 Å². The summed E-state index contributed by atoms with van der Waals surface area (Å²) in [5, 5.41) is 13.3. The van der Waals surface area contributed by atoms with E-state index in [0.29, 0.717) is 18.0 Å². The van der Waals surface area contributed by atoms with Crippen LogP contribution in [0, 0.1) is 0 Å². The number of rotatable bonds is 4. The van der Waals surface area contributed by atoms with Crippen molar-refractivity contribution in [2.75, 3.05) is 16.8 Å². The Morgan fingerprint density at radius 1 is 1.29 bits per heavy atom. The Kier molecular flexibility index (Phi) is 4.02. The van der Waals surface area contributed by atoms with Crippen LogP contribution in [0.5, 0.6) is 0 Å². The largest absolute Gasteiger partial charge is 0.393 e. The van der Waals surface area contributed by atoms with Gasteiger partial charge in [0.25, 0.3) is 0 Å². The molecule has 5 nitrogen and oxygen atoms in total. The number of fused-ring (bicyclic) bond motifs is 2. The van der Waals surface area contributed by atoms with Crippen LogP contribution >= 0.6 is 0 Å². The van der Waals surface area contributed by atoms with Crippen LogP contribution in [-0.2, 0) is 0 Å².